The van der Waals surface area contributed by atoms with Gasteiger partial charge in [-0.3, -0.25) is 4.79 Å². The molecule has 0 spiro atoms. The lowest BCUT2D eigenvalue weighted by atomic mass is 9.90. The molecule has 2 fully saturated rings. The highest BCUT2D eigenvalue weighted by Gasteiger charge is 2.38. The van der Waals surface area contributed by atoms with Crippen LogP contribution in [0.25, 0.3) is 0 Å². The number of piperidine rings is 1. The van der Waals surface area contributed by atoms with E-state index in [1.54, 1.807) is 0 Å². The number of carbonyl (C=O) groups is 2. The highest BCUT2D eigenvalue weighted by molar-refractivity contribution is 5.78. The minimum absolute atomic E-state index is 0.0970. The van der Waals surface area contributed by atoms with Gasteiger partial charge in [-0.2, -0.15) is 0 Å². The zero-order chi connectivity index (χ0) is 14.0. The third-order valence-corrected chi connectivity index (χ3v) is 3.73. The van der Waals surface area contributed by atoms with Crippen molar-refractivity contribution in [2.75, 3.05) is 13.1 Å². The lowest BCUT2D eigenvalue weighted by Gasteiger charge is -2.39. The molecule has 2 aliphatic rings. The van der Waals surface area contributed by atoms with Crippen LogP contribution in [0.5, 0.6) is 0 Å². The fourth-order valence-corrected chi connectivity index (χ4v) is 2.89. The Bertz CT molecular complexity index is 362. The van der Waals surface area contributed by atoms with Crippen LogP contribution < -0.4 is 5.32 Å². The minimum Gasteiger partial charge on any atom is -0.444 e. The van der Waals surface area contributed by atoms with Gasteiger partial charge in [0.05, 0.1) is 0 Å². The molecule has 2 amide bonds. The fraction of sp³-hybridized carbons (Fsp3) is 0.857. The van der Waals surface area contributed by atoms with Crippen molar-refractivity contribution in [1.82, 2.24) is 10.2 Å². The van der Waals surface area contributed by atoms with Crippen molar-refractivity contribution in [3.8, 4) is 0 Å². The van der Waals surface area contributed by atoms with Gasteiger partial charge in [-0.05, 0) is 40.0 Å². The monoisotopic (exact) mass is 268 g/mol. The van der Waals surface area contributed by atoms with E-state index in [-0.39, 0.29) is 24.0 Å². The third-order valence-electron chi connectivity index (χ3n) is 3.73. The number of ether oxygens (including phenoxy) is 1. The van der Waals surface area contributed by atoms with Crippen LogP contribution in [-0.4, -0.2) is 41.6 Å². The van der Waals surface area contributed by atoms with Gasteiger partial charge in [0.15, 0.2) is 0 Å². The molecule has 2 heterocycles. The highest BCUT2D eigenvalue weighted by atomic mass is 16.6. The van der Waals surface area contributed by atoms with Gasteiger partial charge in [0, 0.05) is 31.5 Å². The number of nitrogens with one attached hydrogen (secondary N) is 1. The number of hydrogen-bond acceptors (Lipinski definition) is 3. The van der Waals surface area contributed by atoms with E-state index in [1.165, 1.54) is 0 Å². The Morgan fingerprint density at radius 2 is 2.11 bits per heavy atom. The largest absolute Gasteiger partial charge is 0.444 e. The summed E-state index contributed by atoms with van der Waals surface area (Å²) in [5.41, 5.74) is -0.469. The van der Waals surface area contributed by atoms with Crippen LogP contribution in [0, 0.1) is 5.92 Å². The zero-order valence-electron chi connectivity index (χ0n) is 12.1. The van der Waals surface area contributed by atoms with Gasteiger partial charge in [0.1, 0.15) is 5.60 Å². The molecule has 19 heavy (non-hydrogen) atoms. The molecule has 1 N–H and O–H groups in total. The average molecular weight is 268 g/mol. The number of amides is 2. The van der Waals surface area contributed by atoms with Gasteiger partial charge in [-0.1, -0.05) is 0 Å². The Labute approximate surface area is 114 Å². The molecule has 5 heteroatoms. The summed E-state index contributed by atoms with van der Waals surface area (Å²) in [6.45, 7) is 7.06. The lowest BCUT2D eigenvalue weighted by molar-refractivity contribution is -0.119. The molecule has 2 rings (SSSR count). The normalized spacial score (nSPS) is 28.2. The summed E-state index contributed by atoms with van der Waals surface area (Å²) in [7, 11) is 0. The predicted octanol–water partition coefficient (Wildman–Crippen LogP) is 1.91. The van der Waals surface area contributed by atoms with Crippen LogP contribution in [0.4, 0.5) is 4.79 Å². The average Bonchev–Trinajstić information content (AvgIpc) is 2.73. The zero-order valence-corrected chi connectivity index (χ0v) is 12.1. The Hall–Kier alpha value is -1.26. The summed E-state index contributed by atoms with van der Waals surface area (Å²) >= 11 is 0. The second kappa shape index (κ2) is 5.39. The maximum atomic E-state index is 12.3. The molecule has 2 aliphatic heterocycles. The van der Waals surface area contributed by atoms with E-state index in [0.717, 1.165) is 25.8 Å². The Morgan fingerprint density at radius 1 is 1.37 bits per heavy atom. The van der Waals surface area contributed by atoms with Crippen molar-refractivity contribution in [2.45, 2.75) is 58.1 Å². The molecule has 2 saturated heterocycles. The number of likely N-dealkylation sites (tertiary alicyclic amines) is 1. The van der Waals surface area contributed by atoms with Crippen LogP contribution in [0.2, 0.25) is 0 Å². The van der Waals surface area contributed by atoms with Crippen molar-refractivity contribution >= 4 is 12.0 Å². The maximum Gasteiger partial charge on any atom is 0.410 e. The number of rotatable bonds is 1. The van der Waals surface area contributed by atoms with Crippen molar-refractivity contribution in [3.05, 3.63) is 0 Å². The van der Waals surface area contributed by atoms with E-state index in [9.17, 15) is 9.59 Å². The molecule has 5 nitrogen and oxygen atoms in total. The molecule has 2 atom stereocenters. The van der Waals surface area contributed by atoms with Crippen LogP contribution in [0.1, 0.15) is 46.5 Å². The summed E-state index contributed by atoms with van der Waals surface area (Å²) in [6, 6.07) is 0.141. The van der Waals surface area contributed by atoms with Crippen LogP contribution in [0.3, 0.4) is 0 Å². The van der Waals surface area contributed by atoms with Crippen LogP contribution in [-0.2, 0) is 9.53 Å². The van der Waals surface area contributed by atoms with E-state index in [0.29, 0.717) is 13.0 Å². The van der Waals surface area contributed by atoms with Crippen molar-refractivity contribution in [1.29, 1.82) is 0 Å². The van der Waals surface area contributed by atoms with Gasteiger partial charge < -0.3 is 15.0 Å². The standard InChI is InChI=1S/C14H24N2O3/c1-14(2,3)19-13(18)16-7-5-4-6-11(16)10-8-12(17)15-9-10/h10-11H,4-9H2,1-3H3,(H,15,17). The molecular weight excluding hydrogens is 244 g/mol. The minimum atomic E-state index is -0.469. The molecule has 2 unspecified atom stereocenters. The molecule has 108 valence electrons. The Morgan fingerprint density at radius 3 is 2.68 bits per heavy atom. The number of carbonyl (C=O) groups excluding carboxylic acids is 2. The van der Waals surface area contributed by atoms with Crippen LogP contribution >= 0.6 is 0 Å². The summed E-state index contributed by atoms with van der Waals surface area (Å²) < 4.78 is 5.48. The topological polar surface area (TPSA) is 58.6 Å². The predicted molar refractivity (Wildman–Crippen MR) is 71.7 cm³/mol. The van der Waals surface area contributed by atoms with E-state index >= 15 is 0 Å². The summed E-state index contributed by atoms with van der Waals surface area (Å²) in [6.07, 6.45) is 3.40. The molecule has 0 aromatic rings. The summed E-state index contributed by atoms with van der Waals surface area (Å²) in [4.78, 5) is 25.4. The van der Waals surface area contributed by atoms with Crippen molar-refractivity contribution in [3.63, 3.8) is 0 Å². The van der Waals surface area contributed by atoms with Gasteiger partial charge in [0.2, 0.25) is 5.91 Å². The Balaban J connectivity index is 2.03. The quantitative estimate of drug-likeness (QED) is 0.790. The molecule has 0 aromatic heterocycles. The number of hydrogen-bond donors (Lipinski definition) is 1. The first-order valence-electron chi connectivity index (χ1n) is 7.13. The highest BCUT2D eigenvalue weighted by Crippen LogP contribution is 2.28. The molecule has 0 radical (unpaired) electrons. The first-order chi connectivity index (χ1) is 8.87. The second-order valence-corrected chi connectivity index (χ2v) is 6.51. The fourth-order valence-electron chi connectivity index (χ4n) is 2.89. The van der Waals surface area contributed by atoms with Gasteiger partial charge in [0.25, 0.3) is 0 Å². The first kappa shape index (κ1) is 14.2. The molecule has 0 bridgehead atoms. The lowest BCUT2D eigenvalue weighted by Crippen LogP contribution is -2.49. The molecular formula is C14H24N2O3. The van der Waals surface area contributed by atoms with Gasteiger partial charge in [-0.15, -0.1) is 0 Å². The smallest absolute Gasteiger partial charge is 0.410 e. The number of nitrogens with zero attached hydrogens (tertiary/aromatic N) is 1. The van der Waals surface area contributed by atoms with E-state index in [2.05, 4.69) is 5.32 Å². The molecule has 0 aliphatic carbocycles. The van der Waals surface area contributed by atoms with Gasteiger partial charge in [-0.25, -0.2) is 4.79 Å². The summed E-state index contributed by atoms with van der Waals surface area (Å²) in [5, 5.41) is 2.86. The van der Waals surface area contributed by atoms with Gasteiger partial charge >= 0.3 is 6.09 Å². The van der Waals surface area contributed by atoms with Crippen molar-refractivity contribution in [2.24, 2.45) is 5.92 Å². The van der Waals surface area contributed by atoms with Crippen LogP contribution in [0.15, 0.2) is 0 Å². The Kier molecular flexibility index (Phi) is 4.02. The molecule has 0 aromatic carbocycles. The maximum absolute atomic E-state index is 12.3. The van der Waals surface area contributed by atoms with Crippen molar-refractivity contribution < 1.29 is 14.3 Å². The van der Waals surface area contributed by atoms with E-state index in [1.807, 2.05) is 25.7 Å². The molecule has 0 saturated carbocycles. The summed E-state index contributed by atoms with van der Waals surface area (Å²) in [5.74, 6) is 0.333. The second-order valence-electron chi connectivity index (χ2n) is 6.51. The third kappa shape index (κ3) is 3.61. The van der Waals surface area contributed by atoms with E-state index < -0.39 is 5.60 Å². The first-order valence-corrected chi connectivity index (χ1v) is 7.13. The van der Waals surface area contributed by atoms with E-state index in [4.69, 9.17) is 4.74 Å². The SMILES string of the molecule is CC(C)(C)OC(=O)N1CCCCC1C1CNC(=O)C1.